The Morgan fingerprint density at radius 1 is 0.697 bits per heavy atom. The van der Waals surface area contributed by atoms with E-state index in [9.17, 15) is 13.2 Å². The van der Waals surface area contributed by atoms with Gasteiger partial charge in [0.15, 0.2) is 0 Å². The highest BCUT2D eigenvalue weighted by molar-refractivity contribution is 7.86. The summed E-state index contributed by atoms with van der Waals surface area (Å²) in [5.41, 5.74) is 0. The van der Waals surface area contributed by atoms with Gasteiger partial charge in [-0.1, -0.05) is 44.4 Å². The van der Waals surface area contributed by atoms with Crippen LogP contribution in [0.4, 0.5) is 0 Å². The number of hydrogen-bond donors (Lipinski definition) is 0. The van der Waals surface area contributed by atoms with E-state index in [2.05, 4.69) is 6.92 Å². The normalized spacial score (nSPS) is 11.5. The van der Waals surface area contributed by atoms with Crippen molar-refractivity contribution in [1.29, 1.82) is 0 Å². The molecule has 10 heteroatoms. The summed E-state index contributed by atoms with van der Waals surface area (Å²) < 4.78 is 55.2. The molecule has 190 valence electrons. The first-order valence-electron chi connectivity index (χ1n) is 11.5. The fourth-order valence-electron chi connectivity index (χ4n) is 2.60. The van der Waals surface area contributed by atoms with E-state index in [4.69, 9.17) is 27.9 Å². The van der Waals surface area contributed by atoms with Gasteiger partial charge in [0.2, 0.25) is 0 Å². The molecule has 0 aliphatic rings. The summed E-state index contributed by atoms with van der Waals surface area (Å²) in [6.07, 6.45) is 4.70. The molecule has 0 spiro atoms. The Bertz CT molecular complexity index is 695. The van der Waals surface area contributed by atoms with Gasteiger partial charge in [-0.05, 0) is 18.6 Å². The van der Waals surface area contributed by atoms with Crippen LogP contribution >= 0.6 is 0 Å². The summed E-state index contributed by atoms with van der Waals surface area (Å²) in [6, 6.07) is 7.96. The quantitative estimate of drug-likeness (QED) is 0.138. The largest absolute Gasteiger partial charge is 0.463 e. The third kappa shape index (κ3) is 16.7. The van der Waals surface area contributed by atoms with Crippen molar-refractivity contribution in [3.63, 3.8) is 0 Å². The van der Waals surface area contributed by atoms with Gasteiger partial charge < -0.3 is 23.7 Å². The van der Waals surface area contributed by atoms with Gasteiger partial charge in [-0.25, -0.2) is 0 Å². The summed E-state index contributed by atoms with van der Waals surface area (Å²) >= 11 is 0. The third-order valence-corrected chi connectivity index (χ3v) is 5.67. The average molecular weight is 491 g/mol. The highest BCUT2D eigenvalue weighted by Crippen LogP contribution is 2.10. The SMILES string of the molecule is CCCCCCC(=O)OCCOCCOCCOCCOCCOS(=O)(=O)c1ccccc1. The lowest BCUT2D eigenvalue weighted by Gasteiger charge is -2.08. The van der Waals surface area contributed by atoms with Crippen molar-refractivity contribution < 1.29 is 41.1 Å². The van der Waals surface area contributed by atoms with Crippen LogP contribution in [0.3, 0.4) is 0 Å². The van der Waals surface area contributed by atoms with E-state index >= 15 is 0 Å². The molecule has 0 amide bonds. The fourth-order valence-corrected chi connectivity index (χ4v) is 3.52. The molecule has 33 heavy (non-hydrogen) atoms. The molecule has 0 heterocycles. The maximum Gasteiger partial charge on any atom is 0.305 e. The van der Waals surface area contributed by atoms with Crippen molar-refractivity contribution in [2.45, 2.75) is 43.9 Å². The van der Waals surface area contributed by atoms with Crippen molar-refractivity contribution in [3.8, 4) is 0 Å². The van der Waals surface area contributed by atoms with E-state index in [0.29, 0.717) is 52.7 Å². The van der Waals surface area contributed by atoms with Crippen LogP contribution in [0, 0.1) is 0 Å². The lowest BCUT2D eigenvalue weighted by atomic mass is 10.2. The van der Waals surface area contributed by atoms with E-state index in [0.717, 1.165) is 25.7 Å². The highest BCUT2D eigenvalue weighted by atomic mass is 32.2. The molecule has 0 atom stereocenters. The van der Waals surface area contributed by atoms with Crippen molar-refractivity contribution in [2.24, 2.45) is 0 Å². The number of carbonyl (C=O) groups is 1. The molecule has 1 rings (SSSR count). The van der Waals surface area contributed by atoms with Gasteiger partial charge in [0.1, 0.15) is 6.61 Å². The molecule has 0 aromatic heterocycles. The first-order valence-corrected chi connectivity index (χ1v) is 12.9. The molecular formula is C23H38O9S. The summed E-state index contributed by atoms with van der Waals surface area (Å²) in [7, 11) is -3.75. The Labute approximate surface area is 197 Å². The molecule has 9 nitrogen and oxygen atoms in total. The lowest BCUT2D eigenvalue weighted by Crippen LogP contribution is -2.15. The molecule has 0 fully saturated rings. The number of hydrogen-bond acceptors (Lipinski definition) is 9. The van der Waals surface area contributed by atoms with Crippen LogP contribution < -0.4 is 0 Å². The van der Waals surface area contributed by atoms with Crippen LogP contribution in [-0.4, -0.2) is 80.5 Å². The zero-order valence-electron chi connectivity index (χ0n) is 19.6. The average Bonchev–Trinajstić information content (AvgIpc) is 2.82. The van der Waals surface area contributed by atoms with Crippen LogP contribution in [0.5, 0.6) is 0 Å². The van der Waals surface area contributed by atoms with Crippen LogP contribution in [0.1, 0.15) is 39.0 Å². The summed E-state index contributed by atoms with van der Waals surface area (Å²) in [5, 5.41) is 0. The number of ether oxygens (including phenoxy) is 5. The number of rotatable bonds is 22. The highest BCUT2D eigenvalue weighted by Gasteiger charge is 2.13. The zero-order chi connectivity index (χ0) is 24.0. The molecule has 0 bridgehead atoms. The second-order valence-electron chi connectivity index (χ2n) is 7.07. The molecule has 0 saturated carbocycles. The van der Waals surface area contributed by atoms with Crippen molar-refractivity contribution in [2.75, 3.05) is 66.1 Å². The molecule has 0 N–H and O–H groups in total. The minimum absolute atomic E-state index is 0.0570. The molecule has 1 aromatic carbocycles. The Kier molecular flexibility index (Phi) is 17.7. The Morgan fingerprint density at radius 3 is 1.76 bits per heavy atom. The number of benzene rings is 1. The monoisotopic (exact) mass is 490 g/mol. The minimum atomic E-state index is -3.75. The lowest BCUT2D eigenvalue weighted by molar-refractivity contribution is -0.145. The first kappa shape index (κ1) is 29.5. The van der Waals surface area contributed by atoms with E-state index in [1.165, 1.54) is 12.1 Å². The van der Waals surface area contributed by atoms with E-state index in [1.54, 1.807) is 18.2 Å². The fraction of sp³-hybridized carbons (Fsp3) is 0.696. The predicted octanol–water partition coefficient (Wildman–Crippen LogP) is 2.97. The molecule has 0 saturated heterocycles. The maximum atomic E-state index is 11.9. The van der Waals surface area contributed by atoms with Crippen LogP contribution in [0.25, 0.3) is 0 Å². The molecule has 0 unspecified atom stereocenters. The van der Waals surface area contributed by atoms with E-state index in [1.807, 2.05) is 0 Å². The van der Waals surface area contributed by atoms with Gasteiger partial charge in [0, 0.05) is 6.42 Å². The van der Waals surface area contributed by atoms with Gasteiger partial charge in [0.05, 0.1) is 64.4 Å². The van der Waals surface area contributed by atoms with Gasteiger partial charge in [-0.3, -0.25) is 8.98 Å². The van der Waals surface area contributed by atoms with E-state index < -0.39 is 10.1 Å². The van der Waals surface area contributed by atoms with Gasteiger partial charge in [-0.15, -0.1) is 0 Å². The molecule has 0 radical (unpaired) electrons. The topological polar surface area (TPSA) is 107 Å². The third-order valence-electron chi connectivity index (χ3n) is 4.34. The predicted molar refractivity (Wildman–Crippen MR) is 123 cm³/mol. The van der Waals surface area contributed by atoms with Crippen LogP contribution in [-0.2, 0) is 42.8 Å². The Morgan fingerprint density at radius 2 is 1.21 bits per heavy atom. The Hall–Kier alpha value is -1.56. The molecule has 0 aliphatic carbocycles. The zero-order valence-corrected chi connectivity index (χ0v) is 20.4. The van der Waals surface area contributed by atoms with Crippen molar-refractivity contribution in [3.05, 3.63) is 30.3 Å². The van der Waals surface area contributed by atoms with Gasteiger partial charge >= 0.3 is 5.97 Å². The smallest absolute Gasteiger partial charge is 0.305 e. The van der Waals surface area contributed by atoms with Crippen LogP contribution in [0.2, 0.25) is 0 Å². The van der Waals surface area contributed by atoms with E-state index in [-0.39, 0.29) is 30.7 Å². The second-order valence-corrected chi connectivity index (χ2v) is 8.69. The summed E-state index contributed by atoms with van der Waals surface area (Å²) in [4.78, 5) is 11.6. The maximum absolute atomic E-state index is 11.9. The summed E-state index contributed by atoms with van der Waals surface area (Å²) in [6.45, 7) is 5.23. The number of unbranched alkanes of at least 4 members (excludes halogenated alkanes) is 3. The van der Waals surface area contributed by atoms with Gasteiger partial charge in [-0.2, -0.15) is 8.42 Å². The Balaban J connectivity index is 1.80. The van der Waals surface area contributed by atoms with Crippen molar-refractivity contribution in [1.82, 2.24) is 0 Å². The van der Waals surface area contributed by atoms with Crippen molar-refractivity contribution >= 4 is 16.1 Å². The first-order chi connectivity index (χ1) is 16.1. The molecular weight excluding hydrogens is 452 g/mol. The van der Waals surface area contributed by atoms with Gasteiger partial charge in [0.25, 0.3) is 10.1 Å². The number of esters is 1. The minimum Gasteiger partial charge on any atom is -0.463 e. The molecule has 0 aliphatic heterocycles. The standard InChI is InChI=1S/C23H38O9S/c1-2-3-4-8-11-23(24)31-20-18-29-16-14-27-12-13-28-15-17-30-19-21-32-33(25,26)22-9-6-5-7-10-22/h5-7,9-10H,2-4,8,11-21H2,1H3. The summed E-state index contributed by atoms with van der Waals surface area (Å²) in [5.74, 6) is -0.170. The number of carbonyl (C=O) groups excluding carboxylic acids is 1. The molecule has 1 aromatic rings. The second kappa shape index (κ2) is 19.9. The van der Waals surface area contributed by atoms with Crippen LogP contribution in [0.15, 0.2) is 35.2 Å².